The summed E-state index contributed by atoms with van der Waals surface area (Å²) in [6.07, 6.45) is 11.8. The summed E-state index contributed by atoms with van der Waals surface area (Å²) < 4.78 is 28.5. The number of carbonyl (C=O) groups is 1. The summed E-state index contributed by atoms with van der Waals surface area (Å²) in [5, 5.41) is 9.63. The van der Waals surface area contributed by atoms with Gasteiger partial charge in [0.25, 0.3) is 0 Å². The molecule has 0 saturated heterocycles. The van der Waals surface area contributed by atoms with E-state index in [-0.39, 0.29) is 17.3 Å². The first-order valence-corrected chi connectivity index (χ1v) is 11.7. The third-order valence-corrected chi connectivity index (χ3v) is 6.38. The van der Waals surface area contributed by atoms with Gasteiger partial charge < -0.3 is 9.84 Å². The van der Waals surface area contributed by atoms with E-state index >= 15 is 0 Å². The van der Waals surface area contributed by atoms with Crippen molar-refractivity contribution >= 4 is 15.8 Å². The van der Waals surface area contributed by atoms with Crippen LogP contribution in [0.25, 0.3) is 0 Å². The van der Waals surface area contributed by atoms with Gasteiger partial charge in [-0.3, -0.25) is 4.79 Å². The van der Waals surface area contributed by atoms with E-state index in [1.54, 1.807) is 0 Å². The molecule has 150 valence electrons. The summed E-state index contributed by atoms with van der Waals surface area (Å²) in [5.41, 5.74) is 0. The number of aliphatic hydroxyl groups is 1. The number of sulfone groups is 1. The minimum Gasteiger partial charge on any atom is -0.469 e. The zero-order chi connectivity index (χ0) is 19.1. The molecule has 0 aromatic heterocycles. The molecule has 0 aliphatic heterocycles. The summed E-state index contributed by atoms with van der Waals surface area (Å²) in [4.78, 5) is 11.0. The van der Waals surface area contributed by atoms with Crippen LogP contribution in [0.4, 0.5) is 0 Å². The summed E-state index contributed by atoms with van der Waals surface area (Å²) in [5.74, 6) is -0.188. The van der Waals surface area contributed by atoms with Crippen molar-refractivity contribution in [2.75, 3.05) is 13.4 Å². The number of aliphatic hydroxyl groups excluding tert-OH is 1. The van der Waals surface area contributed by atoms with Crippen molar-refractivity contribution < 1.29 is 23.1 Å². The van der Waals surface area contributed by atoms with Gasteiger partial charge in [-0.1, -0.05) is 45.4 Å². The molecule has 0 bridgehead atoms. The van der Waals surface area contributed by atoms with Gasteiger partial charge in [-0.15, -0.1) is 0 Å². The Labute approximate surface area is 154 Å². The fourth-order valence-electron chi connectivity index (χ4n) is 3.02. The van der Waals surface area contributed by atoms with Gasteiger partial charge in [0.15, 0.2) is 0 Å². The van der Waals surface area contributed by atoms with E-state index in [0.717, 1.165) is 57.8 Å². The first-order valence-electron chi connectivity index (χ1n) is 9.75. The molecule has 0 heterocycles. The highest BCUT2D eigenvalue weighted by Crippen LogP contribution is 2.19. The largest absolute Gasteiger partial charge is 0.469 e. The molecule has 6 heteroatoms. The van der Waals surface area contributed by atoms with Crippen molar-refractivity contribution in [3.63, 3.8) is 0 Å². The van der Waals surface area contributed by atoms with Gasteiger partial charge in [0, 0.05) is 12.7 Å². The first-order chi connectivity index (χ1) is 11.8. The highest BCUT2D eigenvalue weighted by molar-refractivity contribution is 7.91. The van der Waals surface area contributed by atoms with E-state index < -0.39 is 9.84 Å². The van der Waals surface area contributed by atoms with E-state index in [0.29, 0.717) is 25.7 Å². The number of esters is 1. The second kappa shape index (κ2) is 14.5. The molecule has 0 radical (unpaired) electrons. The Balaban J connectivity index is 3.96. The number of ether oxygens (including phenoxy) is 1. The molecule has 0 saturated carbocycles. The van der Waals surface area contributed by atoms with Gasteiger partial charge in [0.05, 0.1) is 18.5 Å². The zero-order valence-corrected chi connectivity index (χ0v) is 17.2. The Bertz CT molecular complexity index is 433. The van der Waals surface area contributed by atoms with Crippen molar-refractivity contribution in [2.45, 2.75) is 102 Å². The number of rotatable bonds is 16. The van der Waals surface area contributed by atoms with Crippen LogP contribution in [0.15, 0.2) is 0 Å². The average Bonchev–Trinajstić information content (AvgIpc) is 2.55. The van der Waals surface area contributed by atoms with Crippen molar-refractivity contribution in [3.8, 4) is 0 Å². The van der Waals surface area contributed by atoms with Crippen molar-refractivity contribution in [1.29, 1.82) is 0 Å². The average molecular weight is 379 g/mol. The maximum Gasteiger partial charge on any atom is 0.305 e. The normalized spacial score (nSPS) is 14.2. The molecule has 0 rings (SSSR count). The Morgan fingerprint density at radius 1 is 0.920 bits per heavy atom. The molecule has 0 aliphatic rings. The number of carbonyl (C=O) groups excluding carboxylic acids is 1. The number of hydrogen-bond acceptors (Lipinski definition) is 5. The van der Waals surface area contributed by atoms with Crippen LogP contribution in [0.5, 0.6) is 0 Å². The lowest BCUT2D eigenvalue weighted by atomic mass is 10.0. The van der Waals surface area contributed by atoms with Crippen molar-refractivity contribution in [3.05, 3.63) is 0 Å². The highest BCUT2D eigenvalue weighted by atomic mass is 32.2. The van der Waals surface area contributed by atoms with Gasteiger partial charge in [0.1, 0.15) is 9.84 Å². The zero-order valence-electron chi connectivity index (χ0n) is 16.3. The van der Waals surface area contributed by atoms with Gasteiger partial charge in [-0.25, -0.2) is 8.42 Å². The molecule has 0 amide bonds. The van der Waals surface area contributed by atoms with Gasteiger partial charge >= 0.3 is 5.97 Å². The smallest absolute Gasteiger partial charge is 0.305 e. The fourth-order valence-corrected chi connectivity index (χ4v) is 4.21. The van der Waals surface area contributed by atoms with Crippen LogP contribution in [0.3, 0.4) is 0 Å². The molecule has 1 N–H and O–H groups in total. The predicted molar refractivity (Wildman–Crippen MR) is 102 cm³/mol. The van der Waals surface area contributed by atoms with E-state index in [2.05, 4.69) is 11.7 Å². The monoisotopic (exact) mass is 378 g/mol. The molecule has 0 aromatic carbocycles. The number of hydrogen-bond donors (Lipinski definition) is 1. The van der Waals surface area contributed by atoms with Crippen LogP contribution in [-0.4, -0.2) is 44.2 Å². The molecular formula is C19H38O5S. The predicted octanol–water partition coefficient (Wildman–Crippen LogP) is 4.02. The molecule has 2 atom stereocenters. The molecule has 0 fully saturated rings. The first kappa shape index (κ1) is 24.4. The Hall–Kier alpha value is -0.620. The second-order valence-corrected chi connectivity index (χ2v) is 9.39. The van der Waals surface area contributed by atoms with Gasteiger partial charge in [-0.2, -0.15) is 0 Å². The second-order valence-electron chi connectivity index (χ2n) is 7.06. The van der Waals surface area contributed by atoms with Crippen LogP contribution < -0.4 is 0 Å². The Kier molecular flexibility index (Phi) is 14.2. The highest BCUT2D eigenvalue weighted by Gasteiger charge is 2.20. The third-order valence-electron chi connectivity index (χ3n) is 4.69. The summed E-state index contributed by atoms with van der Waals surface area (Å²) >= 11 is 0. The van der Waals surface area contributed by atoms with Crippen molar-refractivity contribution in [2.24, 2.45) is 0 Å². The topological polar surface area (TPSA) is 80.7 Å². The summed E-state index contributed by atoms with van der Waals surface area (Å²) in [6, 6.07) is 0. The Morgan fingerprint density at radius 2 is 1.48 bits per heavy atom. The number of methoxy groups -OCH3 is 1. The van der Waals surface area contributed by atoms with E-state index in [1.165, 1.54) is 13.4 Å². The molecule has 2 unspecified atom stereocenters. The maximum absolute atomic E-state index is 11.9. The lowest BCUT2D eigenvalue weighted by Gasteiger charge is -2.16. The van der Waals surface area contributed by atoms with Crippen LogP contribution in [-0.2, 0) is 19.4 Å². The van der Waals surface area contributed by atoms with Crippen molar-refractivity contribution in [1.82, 2.24) is 0 Å². The van der Waals surface area contributed by atoms with Gasteiger partial charge in [0.2, 0.25) is 0 Å². The lowest BCUT2D eigenvalue weighted by Crippen LogP contribution is -2.20. The summed E-state index contributed by atoms with van der Waals surface area (Å²) in [6.45, 7) is 2.14. The maximum atomic E-state index is 11.9. The molecule has 5 nitrogen and oxygen atoms in total. The van der Waals surface area contributed by atoms with Crippen LogP contribution in [0.2, 0.25) is 0 Å². The molecule has 0 aromatic rings. The van der Waals surface area contributed by atoms with Crippen LogP contribution >= 0.6 is 0 Å². The molecular weight excluding hydrogens is 340 g/mol. The summed E-state index contributed by atoms with van der Waals surface area (Å²) in [7, 11) is -1.66. The minimum atomic E-state index is -3.05. The SMILES string of the molecule is CCCCCC(O)CCCC(CCCCCCC(=O)OC)S(C)(=O)=O. The third kappa shape index (κ3) is 14.3. The minimum absolute atomic E-state index is 0.188. The quantitative estimate of drug-likeness (QED) is 0.324. The van der Waals surface area contributed by atoms with E-state index in [9.17, 15) is 18.3 Å². The van der Waals surface area contributed by atoms with E-state index in [1.807, 2.05) is 0 Å². The standard InChI is InChI=1S/C19H38O5S/c1-4-5-8-12-17(20)13-11-15-18(25(3,22)23)14-9-6-7-10-16-19(21)24-2/h17-18,20H,4-16H2,1-3H3. The fraction of sp³-hybridized carbons (Fsp3) is 0.947. The molecule has 0 aliphatic carbocycles. The lowest BCUT2D eigenvalue weighted by molar-refractivity contribution is -0.140. The number of unbranched alkanes of at least 4 members (excludes halogenated alkanes) is 5. The van der Waals surface area contributed by atoms with E-state index in [4.69, 9.17) is 0 Å². The van der Waals surface area contributed by atoms with Crippen LogP contribution in [0, 0.1) is 0 Å². The molecule has 0 spiro atoms. The van der Waals surface area contributed by atoms with Gasteiger partial charge in [-0.05, 0) is 38.5 Å². The Morgan fingerprint density at radius 3 is 2.08 bits per heavy atom. The molecule has 25 heavy (non-hydrogen) atoms. The van der Waals surface area contributed by atoms with Crippen LogP contribution in [0.1, 0.15) is 90.4 Å².